The van der Waals surface area contributed by atoms with Gasteiger partial charge in [-0.05, 0) is 48.4 Å². The summed E-state index contributed by atoms with van der Waals surface area (Å²) in [4.78, 5) is 20.4. The van der Waals surface area contributed by atoms with Gasteiger partial charge in [-0.15, -0.1) is 0 Å². The van der Waals surface area contributed by atoms with Crippen molar-refractivity contribution in [3.05, 3.63) is 83.7 Å². The first-order valence-corrected chi connectivity index (χ1v) is 7.99. The molecule has 0 fully saturated rings. The first-order valence-electron chi connectivity index (χ1n) is 7.99. The summed E-state index contributed by atoms with van der Waals surface area (Å²) in [7, 11) is 0. The van der Waals surface area contributed by atoms with Gasteiger partial charge in [0.25, 0.3) is 5.91 Å². The van der Waals surface area contributed by atoms with Gasteiger partial charge < -0.3 is 10.6 Å². The van der Waals surface area contributed by atoms with E-state index in [9.17, 15) is 13.6 Å². The maximum atomic E-state index is 13.6. The van der Waals surface area contributed by atoms with Crippen molar-refractivity contribution in [3.8, 4) is 0 Å². The molecular formula is C19H16F2N4O. The lowest BCUT2D eigenvalue weighted by Crippen LogP contribution is -2.16. The van der Waals surface area contributed by atoms with Gasteiger partial charge >= 0.3 is 0 Å². The van der Waals surface area contributed by atoms with Crippen LogP contribution in [0.5, 0.6) is 0 Å². The summed E-state index contributed by atoms with van der Waals surface area (Å²) in [5.41, 5.74) is 1.21. The van der Waals surface area contributed by atoms with Crippen molar-refractivity contribution in [2.75, 3.05) is 17.2 Å². The van der Waals surface area contributed by atoms with E-state index in [0.717, 1.165) is 0 Å². The van der Waals surface area contributed by atoms with Crippen LogP contribution in [0.4, 0.5) is 20.4 Å². The zero-order chi connectivity index (χ0) is 18.4. The number of benzene rings is 2. The molecule has 132 valence electrons. The Balaban J connectivity index is 1.59. The van der Waals surface area contributed by atoms with Crippen LogP contribution in [0, 0.1) is 11.6 Å². The predicted molar refractivity (Wildman–Crippen MR) is 95.0 cm³/mol. The average Bonchev–Trinajstić information content (AvgIpc) is 2.65. The smallest absolute Gasteiger partial charge is 0.274 e. The highest BCUT2D eigenvalue weighted by atomic mass is 19.1. The SMILES string of the molecule is O=C(Nc1ccc(F)cc1)c1ccnc(NCCc2ccccc2F)n1. The molecule has 0 saturated carbocycles. The first-order chi connectivity index (χ1) is 12.6. The Morgan fingerprint density at radius 1 is 1.00 bits per heavy atom. The molecule has 0 saturated heterocycles. The van der Waals surface area contributed by atoms with Crippen molar-refractivity contribution < 1.29 is 13.6 Å². The van der Waals surface area contributed by atoms with Crippen molar-refractivity contribution in [1.29, 1.82) is 0 Å². The molecule has 0 radical (unpaired) electrons. The van der Waals surface area contributed by atoms with Crippen LogP contribution in [-0.2, 0) is 6.42 Å². The van der Waals surface area contributed by atoms with Gasteiger partial charge in [0.2, 0.25) is 5.95 Å². The van der Waals surface area contributed by atoms with Crippen LogP contribution in [0.3, 0.4) is 0 Å². The monoisotopic (exact) mass is 354 g/mol. The summed E-state index contributed by atoms with van der Waals surface area (Å²) in [6.07, 6.45) is 1.92. The summed E-state index contributed by atoms with van der Waals surface area (Å²) in [6.45, 7) is 0.421. The predicted octanol–water partition coefficient (Wildman–Crippen LogP) is 3.66. The minimum atomic E-state index is -0.434. The minimum absolute atomic E-state index is 0.165. The normalized spacial score (nSPS) is 10.4. The van der Waals surface area contributed by atoms with Gasteiger partial charge in [0.1, 0.15) is 17.3 Å². The second-order valence-electron chi connectivity index (χ2n) is 5.49. The Hall–Kier alpha value is -3.35. The molecule has 0 spiro atoms. The van der Waals surface area contributed by atoms with Gasteiger partial charge in [-0.25, -0.2) is 18.7 Å². The number of nitrogens with one attached hydrogen (secondary N) is 2. The summed E-state index contributed by atoms with van der Waals surface area (Å²) >= 11 is 0. The van der Waals surface area contributed by atoms with Crippen LogP contribution in [0.25, 0.3) is 0 Å². The van der Waals surface area contributed by atoms with Crippen molar-refractivity contribution in [2.24, 2.45) is 0 Å². The van der Waals surface area contributed by atoms with Gasteiger partial charge in [0.05, 0.1) is 0 Å². The van der Waals surface area contributed by atoms with Crippen molar-refractivity contribution in [2.45, 2.75) is 6.42 Å². The van der Waals surface area contributed by atoms with E-state index < -0.39 is 5.91 Å². The molecule has 0 aliphatic rings. The van der Waals surface area contributed by atoms with Gasteiger partial charge in [0, 0.05) is 18.4 Å². The van der Waals surface area contributed by atoms with E-state index in [-0.39, 0.29) is 23.3 Å². The highest BCUT2D eigenvalue weighted by Crippen LogP contribution is 2.11. The van der Waals surface area contributed by atoms with Crippen LogP contribution in [-0.4, -0.2) is 22.4 Å². The second-order valence-corrected chi connectivity index (χ2v) is 5.49. The molecule has 26 heavy (non-hydrogen) atoms. The number of nitrogens with zero attached hydrogens (tertiary/aromatic N) is 2. The second kappa shape index (κ2) is 8.15. The van der Waals surface area contributed by atoms with E-state index in [2.05, 4.69) is 20.6 Å². The number of aromatic nitrogens is 2. The third-order valence-corrected chi connectivity index (χ3v) is 3.63. The van der Waals surface area contributed by atoms with E-state index in [1.165, 1.54) is 42.6 Å². The number of hydrogen-bond donors (Lipinski definition) is 2. The molecule has 0 bridgehead atoms. The van der Waals surface area contributed by atoms with Crippen LogP contribution < -0.4 is 10.6 Å². The largest absolute Gasteiger partial charge is 0.354 e. The van der Waals surface area contributed by atoms with Gasteiger partial charge in [-0.2, -0.15) is 0 Å². The summed E-state index contributed by atoms with van der Waals surface area (Å²) in [5, 5.41) is 5.60. The first kappa shape index (κ1) is 17.5. The van der Waals surface area contributed by atoms with E-state index in [4.69, 9.17) is 0 Å². The zero-order valence-electron chi connectivity index (χ0n) is 13.7. The molecule has 2 N–H and O–H groups in total. The summed E-state index contributed by atoms with van der Waals surface area (Å²) in [5.74, 6) is -0.807. The van der Waals surface area contributed by atoms with Crippen molar-refractivity contribution >= 4 is 17.5 Å². The molecule has 3 rings (SSSR count). The molecule has 0 unspecified atom stereocenters. The third-order valence-electron chi connectivity index (χ3n) is 3.63. The molecule has 3 aromatic rings. The molecule has 0 aliphatic carbocycles. The number of carbonyl (C=O) groups is 1. The molecule has 1 heterocycles. The molecule has 1 amide bonds. The van der Waals surface area contributed by atoms with Gasteiger partial charge in [0.15, 0.2) is 0 Å². The maximum Gasteiger partial charge on any atom is 0.274 e. The number of amides is 1. The van der Waals surface area contributed by atoms with Gasteiger partial charge in [-0.1, -0.05) is 18.2 Å². The Morgan fingerprint density at radius 2 is 1.77 bits per heavy atom. The fraction of sp³-hybridized carbons (Fsp3) is 0.105. The number of anilines is 2. The Morgan fingerprint density at radius 3 is 2.54 bits per heavy atom. The maximum absolute atomic E-state index is 13.6. The van der Waals surface area contributed by atoms with E-state index >= 15 is 0 Å². The number of carbonyl (C=O) groups excluding carboxylic acids is 1. The fourth-order valence-electron chi connectivity index (χ4n) is 2.31. The van der Waals surface area contributed by atoms with Crippen LogP contribution in [0.1, 0.15) is 16.1 Å². The fourth-order valence-corrected chi connectivity index (χ4v) is 2.31. The van der Waals surface area contributed by atoms with Crippen molar-refractivity contribution in [1.82, 2.24) is 9.97 Å². The van der Waals surface area contributed by atoms with Crippen LogP contribution in [0.2, 0.25) is 0 Å². The lowest BCUT2D eigenvalue weighted by molar-refractivity contribution is 0.102. The zero-order valence-corrected chi connectivity index (χ0v) is 13.7. The summed E-state index contributed by atoms with van der Waals surface area (Å²) < 4.78 is 26.5. The topological polar surface area (TPSA) is 66.9 Å². The van der Waals surface area contributed by atoms with E-state index in [1.807, 2.05) is 0 Å². The average molecular weight is 354 g/mol. The third kappa shape index (κ3) is 4.60. The lowest BCUT2D eigenvalue weighted by Gasteiger charge is -2.08. The number of halogens is 2. The lowest BCUT2D eigenvalue weighted by atomic mass is 10.1. The highest BCUT2D eigenvalue weighted by Gasteiger charge is 2.09. The highest BCUT2D eigenvalue weighted by molar-refractivity contribution is 6.02. The molecular weight excluding hydrogens is 338 g/mol. The summed E-state index contributed by atoms with van der Waals surface area (Å²) in [6, 6.07) is 13.4. The molecule has 2 aromatic carbocycles. The quantitative estimate of drug-likeness (QED) is 0.709. The minimum Gasteiger partial charge on any atom is -0.354 e. The molecule has 1 aromatic heterocycles. The Bertz CT molecular complexity index is 900. The van der Waals surface area contributed by atoms with E-state index in [0.29, 0.717) is 24.2 Å². The van der Waals surface area contributed by atoms with Gasteiger partial charge in [-0.3, -0.25) is 4.79 Å². The number of hydrogen-bond acceptors (Lipinski definition) is 4. The van der Waals surface area contributed by atoms with E-state index in [1.54, 1.807) is 18.2 Å². The van der Waals surface area contributed by atoms with Crippen molar-refractivity contribution in [3.63, 3.8) is 0 Å². The number of rotatable bonds is 6. The molecule has 0 aliphatic heterocycles. The molecule has 5 nitrogen and oxygen atoms in total. The van der Waals surface area contributed by atoms with Crippen LogP contribution in [0.15, 0.2) is 60.8 Å². The Labute approximate surface area is 149 Å². The molecule has 7 heteroatoms. The molecule has 0 atom stereocenters. The van der Waals surface area contributed by atoms with Crippen LogP contribution >= 0.6 is 0 Å². The standard InChI is InChI=1S/C19H16F2N4O/c20-14-5-7-15(8-6-14)24-18(26)17-10-12-23-19(25-17)22-11-9-13-3-1-2-4-16(13)21/h1-8,10,12H,9,11H2,(H,24,26)(H,22,23,25). The Kier molecular flexibility index (Phi) is 5.48.